The molecule has 0 spiro atoms. The second kappa shape index (κ2) is 4.94. The topological polar surface area (TPSA) is 46.2 Å². The van der Waals surface area contributed by atoms with E-state index in [9.17, 15) is 8.42 Å². The fourth-order valence-corrected chi connectivity index (χ4v) is 5.86. The van der Waals surface area contributed by atoms with Crippen LogP contribution in [0.3, 0.4) is 0 Å². The Labute approximate surface area is 112 Å². The van der Waals surface area contributed by atoms with E-state index in [0.717, 1.165) is 19.3 Å². The molecule has 2 unspecified atom stereocenters. The van der Waals surface area contributed by atoms with Crippen molar-refractivity contribution in [3.63, 3.8) is 0 Å². The van der Waals surface area contributed by atoms with Crippen molar-refractivity contribution in [3.05, 3.63) is 15.9 Å². The highest BCUT2D eigenvalue weighted by molar-refractivity contribution is 9.10. The molecule has 0 radical (unpaired) electrons. The summed E-state index contributed by atoms with van der Waals surface area (Å²) >= 11 is 10.5. The summed E-state index contributed by atoms with van der Waals surface area (Å²) in [5.41, 5.74) is 0. The summed E-state index contributed by atoms with van der Waals surface area (Å²) in [5.74, 6) is 0. The van der Waals surface area contributed by atoms with Gasteiger partial charge in [-0.05, 0) is 40.2 Å². The van der Waals surface area contributed by atoms with Crippen LogP contribution >= 0.6 is 38.9 Å². The molecule has 7 heteroatoms. The van der Waals surface area contributed by atoms with E-state index < -0.39 is 10.0 Å². The lowest BCUT2D eigenvalue weighted by Crippen LogP contribution is -2.37. The normalized spacial score (nSPS) is 26.1. The van der Waals surface area contributed by atoms with Crippen LogP contribution < -0.4 is 4.72 Å². The summed E-state index contributed by atoms with van der Waals surface area (Å²) in [6.07, 6.45) is 2.67. The van der Waals surface area contributed by atoms with Gasteiger partial charge in [0.2, 0.25) is 0 Å². The maximum absolute atomic E-state index is 12.0. The molecule has 1 aromatic rings. The zero-order valence-corrected chi connectivity index (χ0v) is 12.3. The Morgan fingerprint density at radius 2 is 2.25 bits per heavy atom. The number of hydrogen-bond acceptors (Lipinski definition) is 3. The summed E-state index contributed by atoms with van der Waals surface area (Å²) in [4.78, 5) is 0. The summed E-state index contributed by atoms with van der Waals surface area (Å²) < 4.78 is 27.6. The minimum atomic E-state index is -3.43. The van der Waals surface area contributed by atoms with Gasteiger partial charge in [0, 0.05) is 15.9 Å². The average molecular weight is 345 g/mol. The number of alkyl halides is 1. The summed E-state index contributed by atoms with van der Waals surface area (Å²) in [5, 5.41) is 1.65. The third-order valence-corrected chi connectivity index (χ3v) is 7.25. The number of hydrogen-bond donors (Lipinski definition) is 1. The van der Waals surface area contributed by atoms with Gasteiger partial charge >= 0.3 is 0 Å². The van der Waals surface area contributed by atoms with Gasteiger partial charge in [0.05, 0.1) is 0 Å². The largest absolute Gasteiger partial charge is 0.251 e. The first-order chi connectivity index (χ1) is 7.50. The van der Waals surface area contributed by atoms with Crippen molar-refractivity contribution in [2.24, 2.45) is 0 Å². The maximum Gasteiger partial charge on any atom is 0.251 e. The zero-order chi connectivity index (χ0) is 11.8. The minimum absolute atomic E-state index is 0.0893. The number of rotatable bonds is 3. The van der Waals surface area contributed by atoms with E-state index in [0.29, 0.717) is 8.68 Å². The van der Waals surface area contributed by atoms with Crippen LogP contribution in [-0.2, 0) is 10.0 Å². The standard InChI is InChI=1S/C9H11BrClNO2S2/c10-6-4-5-15-9(6)16(13,14)12-8-3-1-2-7(8)11/h4-5,7-8,12H,1-3H2. The monoisotopic (exact) mass is 343 g/mol. The van der Waals surface area contributed by atoms with E-state index in [1.807, 2.05) is 0 Å². The molecule has 90 valence electrons. The van der Waals surface area contributed by atoms with Crippen LogP contribution in [0.5, 0.6) is 0 Å². The minimum Gasteiger partial charge on any atom is -0.206 e. The molecule has 0 bridgehead atoms. The van der Waals surface area contributed by atoms with Crippen molar-refractivity contribution in [2.75, 3.05) is 0 Å². The van der Waals surface area contributed by atoms with Gasteiger partial charge in [-0.1, -0.05) is 6.42 Å². The fraction of sp³-hybridized carbons (Fsp3) is 0.556. The van der Waals surface area contributed by atoms with Crippen molar-refractivity contribution < 1.29 is 8.42 Å². The van der Waals surface area contributed by atoms with Crippen LogP contribution in [0.1, 0.15) is 19.3 Å². The van der Waals surface area contributed by atoms with Gasteiger partial charge in [0.1, 0.15) is 4.21 Å². The predicted octanol–water partition coefficient (Wildman–Crippen LogP) is 2.95. The van der Waals surface area contributed by atoms with Gasteiger partial charge in [0.25, 0.3) is 10.0 Å². The quantitative estimate of drug-likeness (QED) is 0.857. The van der Waals surface area contributed by atoms with E-state index >= 15 is 0 Å². The summed E-state index contributed by atoms with van der Waals surface area (Å²) in [6.45, 7) is 0. The lowest BCUT2D eigenvalue weighted by Gasteiger charge is -2.15. The predicted molar refractivity (Wildman–Crippen MR) is 69.6 cm³/mol. The molecular weight excluding hydrogens is 334 g/mol. The molecule has 2 rings (SSSR count). The molecule has 1 N–H and O–H groups in total. The second-order valence-corrected chi connectivity index (χ2v) is 7.97. The molecular formula is C9H11BrClNO2S2. The van der Waals surface area contributed by atoms with E-state index in [2.05, 4.69) is 20.7 Å². The summed E-state index contributed by atoms with van der Waals surface area (Å²) in [7, 11) is -3.43. The zero-order valence-electron chi connectivity index (χ0n) is 8.32. The fourth-order valence-electron chi connectivity index (χ4n) is 1.77. The second-order valence-electron chi connectivity index (χ2n) is 3.73. The molecule has 3 nitrogen and oxygen atoms in total. The maximum atomic E-state index is 12.0. The van der Waals surface area contributed by atoms with Gasteiger partial charge in [-0.25, -0.2) is 13.1 Å². The SMILES string of the molecule is O=S(=O)(NC1CCCC1Cl)c1sccc1Br. The van der Waals surface area contributed by atoms with Crippen molar-refractivity contribution >= 4 is 48.9 Å². The van der Waals surface area contributed by atoms with Gasteiger partial charge in [-0.15, -0.1) is 22.9 Å². The molecule has 16 heavy (non-hydrogen) atoms. The highest BCUT2D eigenvalue weighted by Gasteiger charge is 2.31. The Morgan fingerprint density at radius 1 is 1.50 bits per heavy atom. The van der Waals surface area contributed by atoms with Crippen molar-refractivity contribution in [1.29, 1.82) is 0 Å². The number of thiophene rings is 1. The van der Waals surface area contributed by atoms with Crippen molar-refractivity contribution in [2.45, 2.75) is 34.9 Å². The first-order valence-corrected chi connectivity index (χ1v) is 8.49. The van der Waals surface area contributed by atoms with Gasteiger partial charge in [0.15, 0.2) is 0 Å². The average Bonchev–Trinajstić information content (AvgIpc) is 2.76. The Kier molecular flexibility index (Phi) is 3.96. The van der Waals surface area contributed by atoms with Crippen LogP contribution in [0.2, 0.25) is 0 Å². The third kappa shape index (κ3) is 2.61. The highest BCUT2D eigenvalue weighted by Crippen LogP contribution is 2.30. The molecule has 1 aliphatic carbocycles. The molecule has 0 aliphatic heterocycles. The Morgan fingerprint density at radius 3 is 2.75 bits per heavy atom. The molecule has 1 aliphatic rings. The van der Waals surface area contributed by atoms with Crippen LogP contribution in [0.4, 0.5) is 0 Å². The van der Waals surface area contributed by atoms with E-state index in [1.165, 1.54) is 11.3 Å². The first-order valence-electron chi connectivity index (χ1n) is 4.90. The Balaban J connectivity index is 2.18. The lowest BCUT2D eigenvalue weighted by atomic mass is 10.3. The Hall–Kier alpha value is 0.380. The first kappa shape index (κ1) is 12.8. The molecule has 1 aromatic heterocycles. The van der Waals surface area contributed by atoms with Gasteiger partial charge in [-0.3, -0.25) is 0 Å². The van der Waals surface area contributed by atoms with E-state index in [4.69, 9.17) is 11.6 Å². The van der Waals surface area contributed by atoms with Crippen LogP contribution in [-0.4, -0.2) is 19.8 Å². The highest BCUT2D eigenvalue weighted by atomic mass is 79.9. The van der Waals surface area contributed by atoms with Crippen LogP contribution in [0.25, 0.3) is 0 Å². The lowest BCUT2D eigenvalue weighted by molar-refractivity contribution is 0.555. The Bertz CT molecular complexity index is 474. The summed E-state index contributed by atoms with van der Waals surface area (Å²) in [6, 6.07) is 1.59. The molecule has 0 aromatic carbocycles. The number of nitrogens with one attached hydrogen (secondary N) is 1. The van der Waals surface area contributed by atoms with Gasteiger partial charge < -0.3 is 0 Å². The molecule has 0 amide bonds. The third-order valence-electron chi connectivity index (χ3n) is 2.57. The molecule has 2 atom stereocenters. The molecule has 0 saturated heterocycles. The van der Waals surface area contributed by atoms with Crippen LogP contribution in [0, 0.1) is 0 Å². The molecule has 1 heterocycles. The number of sulfonamides is 1. The van der Waals surface area contributed by atoms with Crippen molar-refractivity contribution in [3.8, 4) is 0 Å². The van der Waals surface area contributed by atoms with Gasteiger partial charge in [-0.2, -0.15) is 0 Å². The van der Waals surface area contributed by atoms with E-state index in [1.54, 1.807) is 11.4 Å². The van der Waals surface area contributed by atoms with Crippen LogP contribution in [0.15, 0.2) is 20.1 Å². The number of halogens is 2. The van der Waals surface area contributed by atoms with E-state index in [-0.39, 0.29) is 11.4 Å². The molecule has 1 saturated carbocycles. The smallest absolute Gasteiger partial charge is 0.206 e. The van der Waals surface area contributed by atoms with Crippen molar-refractivity contribution in [1.82, 2.24) is 4.72 Å². The molecule has 1 fully saturated rings.